The maximum atomic E-state index is 10.8. The van der Waals surface area contributed by atoms with Gasteiger partial charge in [-0.15, -0.1) is 0 Å². The van der Waals surface area contributed by atoms with E-state index < -0.39 is 18.2 Å². The van der Waals surface area contributed by atoms with Gasteiger partial charge in [0, 0.05) is 0 Å². The van der Waals surface area contributed by atoms with E-state index in [1.165, 1.54) is 5.19 Å². The van der Waals surface area contributed by atoms with Gasteiger partial charge in [0.2, 0.25) is 0 Å². The fourth-order valence-electron chi connectivity index (χ4n) is 1.47. The molecule has 0 radical (unpaired) electrons. The van der Waals surface area contributed by atoms with Crippen LogP contribution in [-0.2, 0) is 14.3 Å². The molecule has 1 aromatic carbocycles. The average molecular weight is 270 g/mol. The van der Waals surface area contributed by atoms with Crippen LogP contribution >= 0.6 is 0 Å². The molecule has 0 saturated heterocycles. The van der Waals surface area contributed by atoms with Crippen molar-refractivity contribution in [3.63, 3.8) is 0 Å². The predicted molar refractivity (Wildman–Crippen MR) is 73.5 cm³/mol. The highest BCUT2D eigenvalue weighted by atomic mass is 32.2. The van der Waals surface area contributed by atoms with Crippen LogP contribution in [0.1, 0.15) is 0 Å². The number of hydrogen-bond donors (Lipinski definition) is 0. The molecule has 0 N–H and O–H groups in total. The third kappa shape index (κ3) is 5.30. The van der Waals surface area contributed by atoms with Gasteiger partial charge < -0.3 is 0 Å². The molecular weight excluding hydrogens is 252 g/mol. The minimum Gasteiger partial charge on any atom is -0.266 e. The molecule has 5 heteroatoms. The van der Waals surface area contributed by atoms with Crippen molar-refractivity contribution in [3.8, 4) is 0 Å². The molecule has 17 heavy (non-hydrogen) atoms. The van der Waals surface area contributed by atoms with Gasteiger partial charge in [-0.1, -0.05) is 60.4 Å². The minimum atomic E-state index is -3.34. The largest absolute Gasteiger partial charge is 0.266 e. The Balaban J connectivity index is 2.64. The molecule has 0 spiro atoms. The average Bonchev–Trinajstić information content (AvgIpc) is 2.25. The molecule has 0 bridgehead atoms. The first-order valence-corrected chi connectivity index (χ1v) is 10.3. The van der Waals surface area contributed by atoms with Crippen LogP contribution in [-0.4, -0.2) is 29.4 Å². The lowest BCUT2D eigenvalue weighted by Gasteiger charge is -2.18. The molecule has 0 heterocycles. The van der Waals surface area contributed by atoms with Crippen LogP contribution in [0.4, 0.5) is 0 Å². The summed E-state index contributed by atoms with van der Waals surface area (Å²) in [6.45, 7) is 4.53. The zero-order valence-corrected chi connectivity index (χ0v) is 12.2. The van der Waals surface area contributed by atoms with E-state index in [1.807, 2.05) is 18.2 Å². The number of hydrogen-bond acceptors (Lipinski definition) is 3. The van der Waals surface area contributed by atoms with Gasteiger partial charge in [0.05, 0.1) is 12.9 Å². The van der Waals surface area contributed by atoms with E-state index in [9.17, 15) is 8.42 Å². The normalized spacial score (nSPS) is 13.1. The van der Waals surface area contributed by atoms with E-state index in [0.29, 0.717) is 0 Å². The Morgan fingerprint density at radius 2 is 1.82 bits per heavy atom. The Morgan fingerprint density at radius 1 is 1.24 bits per heavy atom. The third-order valence-electron chi connectivity index (χ3n) is 2.43. The van der Waals surface area contributed by atoms with Gasteiger partial charge in [0.15, 0.2) is 0 Å². The van der Waals surface area contributed by atoms with Crippen molar-refractivity contribution in [1.29, 1.82) is 0 Å². The van der Waals surface area contributed by atoms with Crippen molar-refractivity contribution < 1.29 is 12.6 Å². The van der Waals surface area contributed by atoms with Gasteiger partial charge >= 0.3 is 0 Å². The van der Waals surface area contributed by atoms with Crippen molar-refractivity contribution in [3.05, 3.63) is 42.1 Å². The molecule has 0 unspecified atom stereocenters. The molecule has 0 saturated carbocycles. The topological polar surface area (TPSA) is 43.4 Å². The number of rotatable bonds is 5. The van der Waals surface area contributed by atoms with Crippen LogP contribution in [0.25, 0.3) is 0 Å². The van der Waals surface area contributed by atoms with Crippen LogP contribution in [0.2, 0.25) is 13.1 Å². The smallest absolute Gasteiger partial charge is 0.264 e. The first kappa shape index (κ1) is 14.1. The molecule has 0 fully saturated rings. The van der Waals surface area contributed by atoms with Crippen molar-refractivity contribution in [2.75, 3.05) is 12.9 Å². The van der Waals surface area contributed by atoms with E-state index in [1.54, 1.807) is 6.08 Å². The first-order chi connectivity index (χ1) is 7.81. The van der Waals surface area contributed by atoms with Gasteiger partial charge in [-0.25, -0.2) is 0 Å². The highest BCUT2D eigenvalue weighted by Crippen LogP contribution is 2.05. The van der Waals surface area contributed by atoms with E-state index in [0.717, 1.165) is 6.26 Å². The molecule has 0 aliphatic heterocycles. The Bertz CT molecular complexity index is 478. The Hall–Kier alpha value is -0.913. The summed E-state index contributed by atoms with van der Waals surface area (Å²) in [5.41, 5.74) is 2.09. The molecular formula is C12H18O3SSi. The van der Waals surface area contributed by atoms with Crippen molar-refractivity contribution >= 4 is 23.4 Å². The van der Waals surface area contributed by atoms with Crippen molar-refractivity contribution in [2.45, 2.75) is 13.1 Å². The second kappa shape index (κ2) is 5.62. The maximum Gasteiger partial charge on any atom is 0.264 e. The summed E-state index contributed by atoms with van der Waals surface area (Å²) < 4.78 is 26.2. The van der Waals surface area contributed by atoms with Gasteiger partial charge in [-0.3, -0.25) is 4.18 Å². The fraction of sp³-hybridized carbons (Fsp3) is 0.333. The molecule has 3 nitrogen and oxygen atoms in total. The number of benzene rings is 1. The molecule has 0 atom stereocenters. The lowest BCUT2D eigenvalue weighted by atomic mass is 10.4. The summed E-state index contributed by atoms with van der Waals surface area (Å²) in [7, 11) is -4.97. The van der Waals surface area contributed by atoms with Gasteiger partial charge in [0.25, 0.3) is 10.1 Å². The highest BCUT2D eigenvalue weighted by molar-refractivity contribution is 7.85. The van der Waals surface area contributed by atoms with Crippen LogP contribution in [0, 0.1) is 0 Å². The summed E-state index contributed by atoms with van der Waals surface area (Å²) in [6.07, 6.45) is 2.85. The zero-order chi connectivity index (χ0) is 12.9. The predicted octanol–water partition coefficient (Wildman–Crippen LogP) is 1.67. The van der Waals surface area contributed by atoms with Gasteiger partial charge in [-0.2, -0.15) is 8.42 Å². The van der Waals surface area contributed by atoms with E-state index in [4.69, 9.17) is 0 Å². The van der Waals surface area contributed by atoms with Crippen LogP contribution in [0.5, 0.6) is 0 Å². The summed E-state index contributed by atoms with van der Waals surface area (Å²) in [6, 6.07) is 10.2. The minimum absolute atomic E-state index is 0.113. The Kier molecular flexibility index (Phi) is 4.67. The second-order valence-corrected chi connectivity index (χ2v) is 10.5. The van der Waals surface area contributed by atoms with E-state index in [2.05, 4.69) is 35.1 Å². The molecule has 0 aromatic heterocycles. The highest BCUT2D eigenvalue weighted by Gasteiger charge is 2.18. The summed E-state index contributed by atoms with van der Waals surface area (Å²) in [5.74, 6) is 0. The quantitative estimate of drug-likeness (QED) is 0.604. The molecule has 1 aromatic rings. The fourth-order valence-corrected chi connectivity index (χ4v) is 3.72. The van der Waals surface area contributed by atoms with Crippen LogP contribution in [0.3, 0.4) is 0 Å². The van der Waals surface area contributed by atoms with Crippen molar-refractivity contribution in [2.24, 2.45) is 0 Å². The summed E-state index contributed by atoms with van der Waals surface area (Å²) in [4.78, 5) is 0. The summed E-state index contributed by atoms with van der Waals surface area (Å²) >= 11 is 0. The molecule has 0 aliphatic carbocycles. The van der Waals surface area contributed by atoms with Gasteiger partial charge in [0.1, 0.15) is 8.07 Å². The monoisotopic (exact) mass is 270 g/mol. The molecule has 0 amide bonds. The van der Waals surface area contributed by atoms with Crippen molar-refractivity contribution in [1.82, 2.24) is 0 Å². The van der Waals surface area contributed by atoms with E-state index in [-0.39, 0.29) is 6.61 Å². The SMILES string of the molecule is C[Si](C)(/C=C/COS(C)(=O)=O)c1ccccc1. The van der Waals surface area contributed by atoms with E-state index >= 15 is 0 Å². The second-order valence-electron chi connectivity index (χ2n) is 4.48. The molecule has 1 rings (SSSR count). The molecule has 94 valence electrons. The molecule has 0 aliphatic rings. The maximum absolute atomic E-state index is 10.8. The Morgan fingerprint density at radius 3 is 2.35 bits per heavy atom. The lowest BCUT2D eigenvalue weighted by Crippen LogP contribution is -2.39. The lowest BCUT2D eigenvalue weighted by molar-refractivity contribution is 0.362. The third-order valence-corrected chi connectivity index (χ3v) is 5.89. The standard InChI is InChI=1S/C12H18O3SSi/c1-16(13,14)15-10-7-11-17(2,3)12-8-5-4-6-9-12/h4-9,11H,10H2,1-3H3/b11-7+. The Labute approximate surface area is 104 Å². The van der Waals surface area contributed by atoms with Crippen LogP contribution < -0.4 is 5.19 Å². The summed E-state index contributed by atoms with van der Waals surface area (Å²) in [5, 5.41) is 1.32. The first-order valence-electron chi connectivity index (χ1n) is 5.39. The zero-order valence-electron chi connectivity index (χ0n) is 10.4. The van der Waals surface area contributed by atoms with Gasteiger partial charge in [-0.05, 0) is 0 Å². The van der Waals surface area contributed by atoms with Crippen LogP contribution in [0.15, 0.2) is 42.1 Å².